The summed E-state index contributed by atoms with van der Waals surface area (Å²) in [6, 6.07) is 2.49. The van der Waals surface area contributed by atoms with Gasteiger partial charge < -0.3 is 9.47 Å². The fourth-order valence-electron chi connectivity index (χ4n) is 2.75. The first kappa shape index (κ1) is 13.4. The van der Waals surface area contributed by atoms with Crippen LogP contribution in [0.4, 0.5) is 0 Å². The molecule has 1 aliphatic rings. The van der Waals surface area contributed by atoms with Gasteiger partial charge in [-0.1, -0.05) is 0 Å². The minimum Gasteiger partial charge on any atom is -0.341 e. The van der Waals surface area contributed by atoms with Gasteiger partial charge in [-0.15, -0.1) is 0 Å². The van der Waals surface area contributed by atoms with Crippen molar-refractivity contribution in [2.24, 2.45) is 0 Å². The van der Waals surface area contributed by atoms with Crippen molar-refractivity contribution in [3.05, 3.63) is 41.1 Å². The van der Waals surface area contributed by atoms with Gasteiger partial charge in [-0.25, -0.2) is 4.98 Å². The molecule has 1 atom stereocenters. The first-order valence-corrected chi connectivity index (χ1v) is 8.03. The van der Waals surface area contributed by atoms with Gasteiger partial charge in [0.1, 0.15) is 0 Å². The Labute approximate surface area is 123 Å². The molecule has 0 unspecified atom stereocenters. The van der Waals surface area contributed by atoms with E-state index >= 15 is 0 Å². The van der Waals surface area contributed by atoms with Crippen LogP contribution >= 0.6 is 11.3 Å². The Hall–Kier alpha value is -1.62. The van der Waals surface area contributed by atoms with Gasteiger partial charge in [-0.3, -0.25) is 4.79 Å². The zero-order valence-corrected chi connectivity index (χ0v) is 12.3. The van der Waals surface area contributed by atoms with E-state index < -0.39 is 0 Å². The number of nitrogens with zero attached hydrogens (tertiary/aromatic N) is 3. The van der Waals surface area contributed by atoms with Crippen molar-refractivity contribution >= 4 is 17.2 Å². The fourth-order valence-corrected chi connectivity index (χ4v) is 3.46. The van der Waals surface area contributed by atoms with E-state index in [9.17, 15) is 4.79 Å². The zero-order chi connectivity index (χ0) is 13.8. The third-order valence-electron chi connectivity index (χ3n) is 3.90. The molecule has 3 heterocycles. The second-order valence-electron chi connectivity index (χ2n) is 5.28. The molecule has 20 heavy (non-hydrogen) atoms. The molecule has 1 fully saturated rings. The number of imidazole rings is 1. The zero-order valence-electron chi connectivity index (χ0n) is 11.4. The van der Waals surface area contributed by atoms with E-state index in [1.54, 1.807) is 17.5 Å². The Morgan fingerprint density at radius 2 is 2.45 bits per heavy atom. The monoisotopic (exact) mass is 289 g/mol. The molecule has 1 aliphatic heterocycles. The van der Waals surface area contributed by atoms with Gasteiger partial charge in [0.25, 0.3) is 0 Å². The summed E-state index contributed by atoms with van der Waals surface area (Å²) in [7, 11) is 0. The van der Waals surface area contributed by atoms with Crippen molar-refractivity contribution in [1.82, 2.24) is 14.5 Å². The maximum atomic E-state index is 12.3. The standard InChI is InChI=1S/C15H19N3OS/c19-15(4-3-13-5-9-20-11-13)17-7-1-2-14(10-17)18-8-6-16-12-18/h5-6,8-9,11-12,14H,1-4,7,10H2/t14-/m1/s1. The van der Waals surface area contributed by atoms with Crippen LogP contribution < -0.4 is 0 Å². The van der Waals surface area contributed by atoms with Crippen molar-refractivity contribution in [3.63, 3.8) is 0 Å². The van der Waals surface area contributed by atoms with Crippen LogP contribution in [0.15, 0.2) is 35.5 Å². The Balaban J connectivity index is 1.55. The van der Waals surface area contributed by atoms with E-state index in [1.807, 2.05) is 17.4 Å². The minimum absolute atomic E-state index is 0.279. The lowest BCUT2D eigenvalue weighted by Crippen LogP contribution is -2.40. The fraction of sp³-hybridized carbons (Fsp3) is 0.467. The van der Waals surface area contributed by atoms with Crippen molar-refractivity contribution in [1.29, 1.82) is 0 Å². The number of carbonyl (C=O) groups excluding carboxylic acids is 1. The molecule has 3 rings (SSSR count). The number of thiophene rings is 1. The molecule has 0 bridgehead atoms. The van der Waals surface area contributed by atoms with E-state index in [0.717, 1.165) is 32.4 Å². The molecule has 0 spiro atoms. The molecule has 2 aromatic heterocycles. The second kappa shape index (κ2) is 6.22. The maximum Gasteiger partial charge on any atom is 0.222 e. The summed E-state index contributed by atoms with van der Waals surface area (Å²) in [4.78, 5) is 18.4. The molecular weight excluding hydrogens is 270 g/mol. The molecule has 106 valence electrons. The highest BCUT2D eigenvalue weighted by atomic mass is 32.1. The van der Waals surface area contributed by atoms with Crippen LogP contribution in [0.25, 0.3) is 0 Å². The molecule has 1 saturated heterocycles. The van der Waals surface area contributed by atoms with E-state index in [1.165, 1.54) is 5.56 Å². The number of amides is 1. The minimum atomic E-state index is 0.279. The normalized spacial score (nSPS) is 19.2. The van der Waals surface area contributed by atoms with Gasteiger partial charge in [0.15, 0.2) is 0 Å². The predicted octanol–water partition coefficient (Wildman–Crippen LogP) is 2.74. The largest absolute Gasteiger partial charge is 0.341 e. The summed E-state index contributed by atoms with van der Waals surface area (Å²) in [5, 5.41) is 4.19. The first-order chi connectivity index (χ1) is 9.83. The Morgan fingerprint density at radius 1 is 1.50 bits per heavy atom. The predicted molar refractivity (Wildman–Crippen MR) is 79.7 cm³/mol. The van der Waals surface area contributed by atoms with Crippen LogP contribution in [0, 0.1) is 0 Å². The summed E-state index contributed by atoms with van der Waals surface area (Å²) in [6.45, 7) is 1.71. The van der Waals surface area contributed by atoms with Crippen molar-refractivity contribution in [2.45, 2.75) is 31.7 Å². The summed E-state index contributed by atoms with van der Waals surface area (Å²) in [6.07, 6.45) is 9.32. The van der Waals surface area contributed by atoms with Gasteiger partial charge in [0, 0.05) is 31.9 Å². The van der Waals surface area contributed by atoms with E-state index in [4.69, 9.17) is 0 Å². The second-order valence-corrected chi connectivity index (χ2v) is 6.06. The highest BCUT2D eigenvalue weighted by molar-refractivity contribution is 7.07. The maximum absolute atomic E-state index is 12.3. The first-order valence-electron chi connectivity index (χ1n) is 7.09. The Morgan fingerprint density at radius 3 is 3.20 bits per heavy atom. The average molecular weight is 289 g/mol. The van der Waals surface area contributed by atoms with Crippen LogP contribution in [-0.2, 0) is 11.2 Å². The number of hydrogen-bond acceptors (Lipinski definition) is 3. The highest BCUT2D eigenvalue weighted by Crippen LogP contribution is 2.22. The molecule has 2 aromatic rings. The summed E-state index contributed by atoms with van der Waals surface area (Å²) in [5.74, 6) is 0.279. The average Bonchev–Trinajstić information content (AvgIpc) is 3.18. The number of carbonyl (C=O) groups is 1. The van der Waals surface area contributed by atoms with Crippen LogP contribution in [0.1, 0.15) is 30.9 Å². The quantitative estimate of drug-likeness (QED) is 0.868. The molecule has 1 amide bonds. The molecular formula is C15H19N3OS. The van der Waals surface area contributed by atoms with E-state index in [0.29, 0.717) is 12.5 Å². The van der Waals surface area contributed by atoms with Crippen LogP contribution in [-0.4, -0.2) is 33.4 Å². The number of aryl methyl sites for hydroxylation is 1. The Kier molecular flexibility index (Phi) is 4.16. The van der Waals surface area contributed by atoms with E-state index in [-0.39, 0.29) is 5.91 Å². The van der Waals surface area contributed by atoms with Crippen LogP contribution in [0.3, 0.4) is 0 Å². The molecule has 0 N–H and O–H groups in total. The van der Waals surface area contributed by atoms with Gasteiger partial charge in [-0.05, 0) is 41.7 Å². The van der Waals surface area contributed by atoms with Gasteiger partial charge in [0.05, 0.1) is 12.4 Å². The Bertz CT molecular complexity index is 535. The highest BCUT2D eigenvalue weighted by Gasteiger charge is 2.24. The van der Waals surface area contributed by atoms with Crippen LogP contribution in [0.5, 0.6) is 0 Å². The van der Waals surface area contributed by atoms with Gasteiger partial charge in [0.2, 0.25) is 5.91 Å². The smallest absolute Gasteiger partial charge is 0.222 e. The third-order valence-corrected chi connectivity index (χ3v) is 4.64. The number of rotatable bonds is 4. The molecule has 0 radical (unpaired) electrons. The molecule has 5 heteroatoms. The molecule has 0 aliphatic carbocycles. The number of hydrogen-bond donors (Lipinski definition) is 0. The molecule has 0 aromatic carbocycles. The number of likely N-dealkylation sites (tertiary alicyclic amines) is 1. The van der Waals surface area contributed by atoms with Gasteiger partial charge >= 0.3 is 0 Å². The van der Waals surface area contributed by atoms with E-state index in [2.05, 4.69) is 26.4 Å². The summed E-state index contributed by atoms with van der Waals surface area (Å²) in [5.41, 5.74) is 1.27. The van der Waals surface area contributed by atoms with Crippen molar-refractivity contribution in [3.8, 4) is 0 Å². The summed E-state index contributed by atoms with van der Waals surface area (Å²) < 4.78 is 2.12. The van der Waals surface area contributed by atoms with Crippen LogP contribution in [0.2, 0.25) is 0 Å². The topological polar surface area (TPSA) is 38.1 Å². The van der Waals surface area contributed by atoms with Crippen molar-refractivity contribution < 1.29 is 4.79 Å². The lowest BCUT2D eigenvalue weighted by molar-refractivity contribution is -0.132. The number of aromatic nitrogens is 2. The number of piperidine rings is 1. The SMILES string of the molecule is O=C(CCc1ccsc1)N1CCC[C@@H](n2ccnc2)C1. The third kappa shape index (κ3) is 3.10. The lowest BCUT2D eigenvalue weighted by atomic mass is 10.0. The lowest BCUT2D eigenvalue weighted by Gasteiger charge is -2.33. The molecule has 4 nitrogen and oxygen atoms in total. The van der Waals surface area contributed by atoms with Gasteiger partial charge in [-0.2, -0.15) is 11.3 Å². The summed E-state index contributed by atoms with van der Waals surface area (Å²) >= 11 is 1.69. The molecule has 0 saturated carbocycles. The van der Waals surface area contributed by atoms with Crippen molar-refractivity contribution in [2.75, 3.05) is 13.1 Å².